The second-order valence-corrected chi connectivity index (χ2v) is 11.1. The number of fused-ring (bicyclic) bond motifs is 4. The number of nitrogens with one attached hydrogen (secondary N) is 1. The van der Waals surface area contributed by atoms with Crippen LogP contribution in [-0.4, -0.2) is 46.7 Å². The maximum atomic E-state index is 13.5. The fraction of sp³-hybridized carbons (Fsp3) is 0.310. The normalized spacial score (nSPS) is 15.7. The highest BCUT2D eigenvalue weighted by Gasteiger charge is 2.36. The number of sulfone groups is 1. The van der Waals surface area contributed by atoms with Gasteiger partial charge in [-0.1, -0.05) is 19.1 Å². The summed E-state index contributed by atoms with van der Waals surface area (Å²) in [7, 11) is -0.329. The van der Waals surface area contributed by atoms with Gasteiger partial charge in [-0.05, 0) is 85.1 Å². The molecule has 7 nitrogen and oxygen atoms in total. The van der Waals surface area contributed by atoms with Gasteiger partial charge in [0.25, 0.3) is 0 Å². The minimum Gasteiger partial charge on any atom is -0.494 e. The van der Waals surface area contributed by atoms with Gasteiger partial charge >= 0.3 is 0 Å². The molecule has 0 saturated heterocycles. The molecule has 0 aliphatic carbocycles. The van der Waals surface area contributed by atoms with E-state index in [0.717, 1.165) is 48.6 Å². The molecular weight excluding hydrogens is 488 g/mol. The van der Waals surface area contributed by atoms with Crippen molar-refractivity contribution < 1.29 is 22.6 Å². The van der Waals surface area contributed by atoms with Gasteiger partial charge in [-0.25, -0.2) is 8.42 Å². The van der Waals surface area contributed by atoms with Crippen molar-refractivity contribution >= 4 is 15.4 Å². The van der Waals surface area contributed by atoms with Gasteiger partial charge in [0, 0.05) is 18.3 Å². The van der Waals surface area contributed by atoms with Gasteiger partial charge in [-0.3, -0.25) is 0 Å². The molecule has 8 heteroatoms. The molecule has 1 aliphatic heterocycles. The third-order valence-corrected chi connectivity index (χ3v) is 8.87. The highest BCUT2D eigenvalue weighted by atomic mass is 32.2. The summed E-state index contributed by atoms with van der Waals surface area (Å²) in [6, 6.07) is 16.9. The smallest absolute Gasteiger partial charge is 0.209 e. The lowest BCUT2D eigenvalue weighted by Gasteiger charge is -2.24. The first-order valence-electron chi connectivity index (χ1n) is 12.5. The Kier molecular flexibility index (Phi) is 7.13. The fourth-order valence-corrected chi connectivity index (χ4v) is 6.98. The topological polar surface area (TPSA) is 78.3 Å². The largest absolute Gasteiger partial charge is 0.494 e. The lowest BCUT2D eigenvalue weighted by Crippen LogP contribution is -2.20. The lowest BCUT2D eigenvalue weighted by molar-refractivity contribution is 0.307. The first kappa shape index (κ1) is 25.2. The van der Waals surface area contributed by atoms with Crippen LogP contribution >= 0.6 is 0 Å². The molecule has 0 radical (unpaired) electrons. The maximum Gasteiger partial charge on any atom is 0.209 e. The first-order chi connectivity index (χ1) is 17.9. The van der Waals surface area contributed by atoms with Gasteiger partial charge < -0.3 is 23.9 Å². The molecule has 0 saturated carbocycles. The van der Waals surface area contributed by atoms with E-state index in [1.54, 1.807) is 26.4 Å². The SMILES string of the molecule is COc1ccc(CCNCCCOc2ccc3c(c2)C(C)c2cn4ccccc4c2S3(=O)=O)cc1OC. The molecule has 0 bridgehead atoms. The van der Waals surface area contributed by atoms with Crippen LogP contribution in [0.3, 0.4) is 0 Å². The van der Waals surface area contributed by atoms with Gasteiger partial charge in [-0.2, -0.15) is 0 Å². The van der Waals surface area contributed by atoms with Gasteiger partial charge in [0.15, 0.2) is 11.5 Å². The summed E-state index contributed by atoms with van der Waals surface area (Å²) in [5, 5.41) is 3.44. The van der Waals surface area contributed by atoms with E-state index in [1.165, 1.54) is 5.56 Å². The third kappa shape index (κ3) is 4.79. The Bertz CT molecular complexity index is 1530. The molecule has 1 unspecified atom stereocenters. The van der Waals surface area contributed by atoms with Crippen molar-refractivity contribution in [2.45, 2.75) is 35.5 Å². The molecule has 0 fully saturated rings. The molecule has 4 aromatic rings. The summed E-state index contributed by atoms with van der Waals surface area (Å²) in [6.45, 7) is 4.27. The van der Waals surface area contributed by atoms with Crippen molar-refractivity contribution in [3.8, 4) is 17.2 Å². The van der Waals surface area contributed by atoms with E-state index in [4.69, 9.17) is 14.2 Å². The zero-order valence-corrected chi connectivity index (χ0v) is 22.2. The summed E-state index contributed by atoms with van der Waals surface area (Å²) in [5.74, 6) is 2.11. The van der Waals surface area contributed by atoms with Crippen molar-refractivity contribution in [2.24, 2.45) is 0 Å². The lowest BCUT2D eigenvalue weighted by atomic mass is 9.94. The van der Waals surface area contributed by atoms with Gasteiger partial charge in [0.05, 0.1) is 31.2 Å². The predicted molar refractivity (Wildman–Crippen MR) is 143 cm³/mol. The number of aromatic nitrogens is 1. The van der Waals surface area contributed by atoms with E-state index in [0.29, 0.717) is 27.7 Å². The molecule has 2 aromatic carbocycles. The summed E-state index contributed by atoms with van der Waals surface area (Å²) in [4.78, 5) is 0.787. The predicted octanol–water partition coefficient (Wildman–Crippen LogP) is 4.86. The molecule has 3 heterocycles. The molecule has 2 aromatic heterocycles. The molecule has 1 atom stereocenters. The fourth-order valence-electron chi connectivity index (χ4n) is 4.98. The van der Waals surface area contributed by atoms with Crippen molar-refractivity contribution in [3.63, 3.8) is 0 Å². The average Bonchev–Trinajstić information content (AvgIpc) is 3.32. The number of benzene rings is 2. The van der Waals surface area contributed by atoms with Crippen LogP contribution in [0.1, 0.15) is 36.0 Å². The standard InChI is InChI=1S/C29H32N2O5S/c1-20-23-18-22(36-16-6-13-30-14-12-21-8-10-26(34-2)27(17-21)35-3)9-11-28(23)37(32,33)29-24(20)19-31-15-5-4-7-25(29)31/h4-5,7-11,15,17-20,30H,6,12-14,16H2,1-3H3. The van der Waals surface area contributed by atoms with Crippen LogP contribution in [0, 0.1) is 0 Å². The Morgan fingerprint density at radius 3 is 2.59 bits per heavy atom. The van der Waals surface area contributed by atoms with Gasteiger partial charge in [-0.15, -0.1) is 0 Å². The van der Waals surface area contributed by atoms with E-state index in [-0.39, 0.29) is 5.92 Å². The minimum atomic E-state index is -3.60. The van der Waals surface area contributed by atoms with Gasteiger partial charge in [0.1, 0.15) is 10.6 Å². The Balaban J connectivity index is 1.16. The van der Waals surface area contributed by atoms with E-state index >= 15 is 0 Å². The molecule has 194 valence electrons. The summed E-state index contributed by atoms with van der Waals surface area (Å²) in [5.41, 5.74) is 3.51. The monoisotopic (exact) mass is 520 g/mol. The molecule has 1 N–H and O–H groups in total. The maximum absolute atomic E-state index is 13.5. The van der Waals surface area contributed by atoms with Crippen LogP contribution in [-0.2, 0) is 16.3 Å². The Hall–Kier alpha value is -3.49. The summed E-state index contributed by atoms with van der Waals surface area (Å²) in [6.07, 6.45) is 5.54. The summed E-state index contributed by atoms with van der Waals surface area (Å²) < 4.78 is 45.5. The molecular formula is C29H32N2O5S. The third-order valence-electron chi connectivity index (χ3n) is 6.94. The van der Waals surface area contributed by atoms with Crippen LogP contribution < -0.4 is 19.5 Å². The Morgan fingerprint density at radius 2 is 1.78 bits per heavy atom. The molecule has 0 amide bonds. The Labute approximate surface area is 217 Å². The van der Waals surface area contributed by atoms with Crippen molar-refractivity contribution in [3.05, 3.63) is 83.7 Å². The van der Waals surface area contributed by atoms with Crippen LogP contribution in [0.2, 0.25) is 0 Å². The number of nitrogens with zero attached hydrogens (tertiary/aromatic N) is 1. The second-order valence-electron chi connectivity index (χ2n) is 9.22. The van der Waals surface area contributed by atoms with Crippen molar-refractivity contribution in [2.75, 3.05) is 33.9 Å². The van der Waals surface area contributed by atoms with Gasteiger partial charge in [0.2, 0.25) is 9.84 Å². The zero-order valence-electron chi connectivity index (χ0n) is 21.4. The quantitative estimate of drug-likeness (QED) is 0.301. The van der Waals surface area contributed by atoms with E-state index in [2.05, 4.69) is 12.2 Å². The molecule has 0 spiro atoms. The van der Waals surface area contributed by atoms with Crippen molar-refractivity contribution in [1.82, 2.24) is 9.72 Å². The Morgan fingerprint density at radius 1 is 0.946 bits per heavy atom. The summed E-state index contributed by atoms with van der Waals surface area (Å²) >= 11 is 0. The van der Waals surface area contributed by atoms with Crippen LogP contribution in [0.25, 0.3) is 5.52 Å². The number of rotatable bonds is 10. The van der Waals surface area contributed by atoms with Crippen molar-refractivity contribution in [1.29, 1.82) is 0 Å². The van der Waals surface area contributed by atoms with Crippen LogP contribution in [0.4, 0.5) is 0 Å². The number of ether oxygens (including phenoxy) is 3. The number of methoxy groups -OCH3 is 2. The van der Waals surface area contributed by atoms with E-state index in [1.807, 2.05) is 59.3 Å². The molecule has 37 heavy (non-hydrogen) atoms. The number of hydrogen-bond donors (Lipinski definition) is 1. The van der Waals surface area contributed by atoms with Crippen LogP contribution in [0.15, 0.2) is 76.8 Å². The van der Waals surface area contributed by atoms with E-state index in [9.17, 15) is 8.42 Å². The average molecular weight is 521 g/mol. The number of pyridine rings is 1. The van der Waals surface area contributed by atoms with E-state index < -0.39 is 9.84 Å². The molecule has 1 aliphatic rings. The highest BCUT2D eigenvalue weighted by molar-refractivity contribution is 7.92. The first-order valence-corrected chi connectivity index (χ1v) is 14.0. The minimum absolute atomic E-state index is 0.0461. The molecule has 5 rings (SSSR count). The zero-order chi connectivity index (χ0) is 26.0. The highest BCUT2D eigenvalue weighted by Crippen LogP contribution is 2.45. The van der Waals surface area contributed by atoms with Crippen LogP contribution in [0.5, 0.6) is 17.2 Å². The second kappa shape index (κ2) is 10.5. The number of hydrogen-bond acceptors (Lipinski definition) is 6.